The molecule has 2 fully saturated rings. The van der Waals surface area contributed by atoms with E-state index in [0.717, 1.165) is 18.4 Å². The van der Waals surface area contributed by atoms with E-state index in [0.29, 0.717) is 18.1 Å². The topological polar surface area (TPSA) is 66.8 Å². The minimum Gasteiger partial charge on any atom is -0.497 e. The van der Waals surface area contributed by atoms with Gasteiger partial charge in [0.2, 0.25) is 10.0 Å². The summed E-state index contributed by atoms with van der Waals surface area (Å²) in [6.45, 7) is 0.191. The Bertz CT molecular complexity index is 612. The quantitative estimate of drug-likeness (QED) is 0.896. The number of aliphatic hydroxyl groups is 1. The lowest BCUT2D eigenvalue weighted by atomic mass is 10.0. The number of rotatable bonds is 5. The van der Waals surface area contributed by atoms with Gasteiger partial charge in [-0.15, -0.1) is 0 Å². The Hall–Kier alpha value is -1.11. The van der Waals surface area contributed by atoms with Gasteiger partial charge in [0, 0.05) is 6.54 Å². The molecule has 2 unspecified atom stereocenters. The molecular formula is C15H21NO4S. The average Bonchev–Trinajstić information content (AvgIpc) is 3.16. The molecule has 0 radical (unpaired) electrons. The van der Waals surface area contributed by atoms with Crippen LogP contribution in [-0.4, -0.2) is 43.3 Å². The van der Waals surface area contributed by atoms with E-state index < -0.39 is 16.1 Å². The molecule has 1 N–H and O–H groups in total. The Morgan fingerprint density at radius 3 is 2.81 bits per heavy atom. The lowest BCUT2D eigenvalue weighted by Gasteiger charge is -2.24. The molecule has 0 bridgehead atoms. The number of ether oxygens (including phenoxy) is 1. The third-order valence-electron chi connectivity index (χ3n) is 4.21. The normalized spacial score (nSPS) is 27.0. The van der Waals surface area contributed by atoms with Crippen LogP contribution < -0.4 is 4.74 Å². The van der Waals surface area contributed by atoms with Gasteiger partial charge in [0.15, 0.2) is 0 Å². The third-order valence-corrected chi connectivity index (χ3v) is 6.22. The number of hydrogen-bond donors (Lipinski definition) is 1. The molecular weight excluding hydrogens is 290 g/mol. The zero-order chi connectivity index (χ0) is 15.0. The first-order chi connectivity index (χ1) is 9.99. The second kappa shape index (κ2) is 5.59. The number of β-amino-alcohol motifs (C(OH)–C–C–N with tert-alkyl or cyclic N) is 1. The van der Waals surface area contributed by atoms with Crippen molar-refractivity contribution in [1.82, 2.24) is 4.31 Å². The van der Waals surface area contributed by atoms with Crippen molar-refractivity contribution in [3.05, 3.63) is 29.8 Å². The highest BCUT2D eigenvalue weighted by Gasteiger charge is 2.41. The molecule has 1 aliphatic carbocycles. The van der Waals surface area contributed by atoms with Gasteiger partial charge in [-0.1, -0.05) is 12.1 Å². The highest BCUT2D eigenvalue weighted by molar-refractivity contribution is 7.89. The summed E-state index contributed by atoms with van der Waals surface area (Å²) >= 11 is 0. The number of nitrogens with zero attached hydrogens (tertiary/aromatic N) is 1. The highest BCUT2D eigenvalue weighted by atomic mass is 32.2. The fourth-order valence-corrected chi connectivity index (χ4v) is 5.04. The number of aliphatic hydroxyl groups excluding tert-OH is 1. The van der Waals surface area contributed by atoms with Gasteiger partial charge in [-0.25, -0.2) is 8.42 Å². The first kappa shape index (κ1) is 14.8. The highest BCUT2D eigenvalue weighted by Crippen LogP contribution is 2.38. The van der Waals surface area contributed by atoms with Crippen molar-refractivity contribution < 1.29 is 18.3 Å². The minimum atomic E-state index is -3.31. The maximum atomic E-state index is 12.6. The maximum Gasteiger partial charge on any atom is 0.215 e. The Labute approximate surface area is 125 Å². The Morgan fingerprint density at radius 2 is 2.14 bits per heavy atom. The van der Waals surface area contributed by atoms with Crippen LogP contribution in [0.1, 0.15) is 30.9 Å². The molecule has 1 aromatic carbocycles. The number of hydrogen-bond acceptors (Lipinski definition) is 4. The van der Waals surface area contributed by atoms with E-state index in [9.17, 15) is 13.5 Å². The fourth-order valence-electron chi connectivity index (χ4n) is 2.92. The summed E-state index contributed by atoms with van der Waals surface area (Å²) in [7, 11) is -1.73. The summed E-state index contributed by atoms with van der Waals surface area (Å²) in [4.78, 5) is 0. The van der Waals surface area contributed by atoms with E-state index in [2.05, 4.69) is 0 Å². The molecule has 3 rings (SSSR count). The Kier molecular flexibility index (Phi) is 3.94. The van der Waals surface area contributed by atoms with Crippen molar-refractivity contribution in [3.8, 4) is 5.75 Å². The lowest BCUT2D eigenvalue weighted by molar-refractivity contribution is 0.188. The zero-order valence-corrected chi connectivity index (χ0v) is 12.9. The summed E-state index contributed by atoms with van der Waals surface area (Å²) in [5, 5.41) is 9.93. The van der Waals surface area contributed by atoms with E-state index in [4.69, 9.17) is 4.74 Å². The van der Waals surface area contributed by atoms with Crippen LogP contribution in [0, 0.1) is 5.92 Å². The molecule has 0 aromatic heterocycles. The first-order valence-electron chi connectivity index (χ1n) is 7.31. The van der Waals surface area contributed by atoms with Gasteiger partial charge in [0.1, 0.15) is 5.75 Å². The summed E-state index contributed by atoms with van der Waals surface area (Å²) in [6, 6.07) is 7.13. The molecule has 2 atom stereocenters. The van der Waals surface area contributed by atoms with Crippen molar-refractivity contribution in [1.29, 1.82) is 0 Å². The van der Waals surface area contributed by atoms with Crippen LogP contribution >= 0.6 is 0 Å². The molecule has 6 heteroatoms. The molecule has 1 aromatic rings. The standard InChI is InChI=1S/C15H21NO4S/c1-20-14-4-2-3-12(7-14)15-8-13(17)9-16(15)21(18,19)10-11-5-6-11/h2-4,7,11,13,15,17H,5-6,8-10H2,1H3. The predicted octanol–water partition coefficient (Wildman–Crippen LogP) is 1.54. The van der Waals surface area contributed by atoms with Gasteiger partial charge in [-0.05, 0) is 42.9 Å². The van der Waals surface area contributed by atoms with Gasteiger partial charge < -0.3 is 9.84 Å². The van der Waals surface area contributed by atoms with Crippen molar-refractivity contribution in [2.75, 3.05) is 19.4 Å². The zero-order valence-electron chi connectivity index (χ0n) is 12.1. The van der Waals surface area contributed by atoms with Crippen LogP contribution in [0.25, 0.3) is 0 Å². The molecule has 0 amide bonds. The maximum absolute atomic E-state index is 12.6. The molecule has 116 valence electrons. The first-order valence-corrected chi connectivity index (χ1v) is 8.92. The average molecular weight is 311 g/mol. The van der Waals surface area contributed by atoms with Crippen LogP contribution in [0.2, 0.25) is 0 Å². The SMILES string of the molecule is COc1cccc(C2CC(O)CN2S(=O)(=O)CC2CC2)c1. The van der Waals surface area contributed by atoms with E-state index in [1.165, 1.54) is 4.31 Å². The van der Waals surface area contributed by atoms with Crippen molar-refractivity contribution in [2.24, 2.45) is 5.92 Å². The van der Waals surface area contributed by atoms with E-state index in [1.54, 1.807) is 7.11 Å². The minimum absolute atomic E-state index is 0.191. The Balaban J connectivity index is 1.87. The van der Waals surface area contributed by atoms with Crippen LogP contribution in [0.3, 0.4) is 0 Å². The number of benzene rings is 1. The lowest BCUT2D eigenvalue weighted by Crippen LogP contribution is -2.34. The molecule has 2 aliphatic rings. The summed E-state index contributed by atoms with van der Waals surface area (Å²) < 4.78 is 31.8. The Morgan fingerprint density at radius 1 is 1.38 bits per heavy atom. The molecule has 21 heavy (non-hydrogen) atoms. The second-order valence-corrected chi connectivity index (χ2v) is 7.94. The molecule has 1 heterocycles. The predicted molar refractivity (Wildman–Crippen MR) is 79.6 cm³/mol. The van der Waals surface area contributed by atoms with E-state index in [-0.39, 0.29) is 18.3 Å². The molecule has 1 saturated heterocycles. The van der Waals surface area contributed by atoms with Crippen molar-refractivity contribution in [3.63, 3.8) is 0 Å². The summed E-state index contributed by atoms with van der Waals surface area (Å²) in [6.07, 6.45) is 1.84. The molecule has 1 saturated carbocycles. The van der Waals surface area contributed by atoms with E-state index >= 15 is 0 Å². The summed E-state index contributed by atoms with van der Waals surface area (Å²) in [5.41, 5.74) is 0.880. The second-order valence-electron chi connectivity index (χ2n) is 5.97. The van der Waals surface area contributed by atoms with Crippen molar-refractivity contribution >= 4 is 10.0 Å². The molecule has 0 spiro atoms. The largest absolute Gasteiger partial charge is 0.497 e. The third kappa shape index (κ3) is 3.22. The van der Waals surface area contributed by atoms with Gasteiger partial charge in [0.25, 0.3) is 0 Å². The fraction of sp³-hybridized carbons (Fsp3) is 0.600. The molecule has 5 nitrogen and oxygen atoms in total. The van der Waals surface area contributed by atoms with Gasteiger partial charge >= 0.3 is 0 Å². The smallest absolute Gasteiger partial charge is 0.215 e. The summed E-state index contributed by atoms with van der Waals surface area (Å²) in [5.74, 6) is 1.22. The number of methoxy groups -OCH3 is 1. The van der Waals surface area contributed by atoms with Crippen LogP contribution in [0.4, 0.5) is 0 Å². The van der Waals surface area contributed by atoms with Crippen LogP contribution in [0.5, 0.6) is 5.75 Å². The van der Waals surface area contributed by atoms with Crippen LogP contribution in [0.15, 0.2) is 24.3 Å². The van der Waals surface area contributed by atoms with Gasteiger partial charge in [-0.2, -0.15) is 4.31 Å². The van der Waals surface area contributed by atoms with Crippen LogP contribution in [-0.2, 0) is 10.0 Å². The van der Waals surface area contributed by atoms with E-state index in [1.807, 2.05) is 24.3 Å². The monoisotopic (exact) mass is 311 g/mol. The molecule has 1 aliphatic heterocycles. The van der Waals surface area contributed by atoms with Gasteiger partial charge in [-0.3, -0.25) is 0 Å². The van der Waals surface area contributed by atoms with Gasteiger partial charge in [0.05, 0.1) is 25.0 Å². The van der Waals surface area contributed by atoms with Crippen molar-refractivity contribution in [2.45, 2.75) is 31.4 Å². The number of sulfonamides is 1.